The summed E-state index contributed by atoms with van der Waals surface area (Å²) in [5, 5.41) is 9.74. The number of anilines is 1. The molecule has 1 aromatic carbocycles. The van der Waals surface area contributed by atoms with E-state index in [2.05, 4.69) is 31.4 Å². The van der Waals surface area contributed by atoms with Gasteiger partial charge in [-0.05, 0) is 64.7 Å². The lowest BCUT2D eigenvalue weighted by atomic mass is 9.98. The number of aromatic amines is 1. The molecule has 3 heterocycles. The van der Waals surface area contributed by atoms with Crippen LogP contribution in [0, 0.1) is 5.92 Å². The van der Waals surface area contributed by atoms with Crippen molar-refractivity contribution in [1.29, 1.82) is 0 Å². The summed E-state index contributed by atoms with van der Waals surface area (Å²) in [5.41, 5.74) is 2.55. The van der Waals surface area contributed by atoms with Gasteiger partial charge in [-0.3, -0.25) is 9.89 Å². The van der Waals surface area contributed by atoms with E-state index in [1.54, 1.807) is 18.3 Å². The molecular weight excluding hydrogens is 476 g/mol. The Balaban J connectivity index is 1.42. The molecule has 0 aliphatic carbocycles. The van der Waals surface area contributed by atoms with Crippen LogP contribution >= 0.6 is 27.3 Å². The normalized spacial score (nSPS) is 17.9. The van der Waals surface area contributed by atoms with Gasteiger partial charge in [0.1, 0.15) is 4.21 Å². The predicted octanol–water partition coefficient (Wildman–Crippen LogP) is 3.94. The first-order valence-corrected chi connectivity index (χ1v) is 12.1. The maximum Gasteiger partial charge on any atom is 0.252 e. The SMILES string of the molecule is O=C(Nc1ccc(-c2ccn[nH]2)cc1)[C@H]1CCCN(S(=O)(=O)c2ccc(Br)s2)C1. The summed E-state index contributed by atoms with van der Waals surface area (Å²) in [7, 11) is -3.58. The van der Waals surface area contributed by atoms with Crippen molar-refractivity contribution in [2.24, 2.45) is 5.92 Å². The van der Waals surface area contributed by atoms with Gasteiger partial charge in [0.15, 0.2) is 0 Å². The standard InChI is InChI=1S/C19H19BrN4O3S2/c20-17-7-8-18(28-17)29(26,27)24-11-1-2-14(12-24)19(25)22-15-5-3-13(4-6-15)16-9-10-21-23-16/h3-10,14H,1-2,11-12H2,(H,21,23)(H,22,25)/t14-/m0/s1. The first-order chi connectivity index (χ1) is 13.9. The van der Waals surface area contributed by atoms with E-state index >= 15 is 0 Å². The van der Waals surface area contributed by atoms with E-state index in [1.165, 1.54) is 15.6 Å². The fourth-order valence-corrected chi connectivity index (χ4v) is 7.02. The van der Waals surface area contributed by atoms with Crippen LogP contribution in [0.5, 0.6) is 0 Å². The molecule has 0 bridgehead atoms. The van der Waals surface area contributed by atoms with E-state index in [0.717, 1.165) is 15.0 Å². The number of rotatable bonds is 5. The van der Waals surface area contributed by atoms with Crippen LogP contribution < -0.4 is 5.32 Å². The molecule has 1 aliphatic rings. The third kappa shape index (κ3) is 4.45. The number of benzene rings is 1. The molecule has 1 fully saturated rings. The second-order valence-corrected chi connectivity index (χ2v) is 11.4. The lowest BCUT2D eigenvalue weighted by molar-refractivity contribution is -0.120. The summed E-state index contributed by atoms with van der Waals surface area (Å²) in [6, 6.07) is 12.6. The number of amides is 1. The lowest BCUT2D eigenvalue weighted by Crippen LogP contribution is -2.43. The van der Waals surface area contributed by atoms with Crippen molar-refractivity contribution in [1.82, 2.24) is 14.5 Å². The maximum absolute atomic E-state index is 12.9. The fraction of sp³-hybridized carbons (Fsp3) is 0.263. The molecule has 29 heavy (non-hydrogen) atoms. The highest BCUT2D eigenvalue weighted by Crippen LogP contribution is 2.31. The van der Waals surface area contributed by atoms with E-state index in [1.807, 2.05) is 30.3 Å². The summed E-state index contributed by atoms with van der Waals surface area (Å²) in [4.78, 5) is 12.7. The second kappa shape index (κ2) is 8.39. The molecule has 0 saturated carbocycles. The molecule has 1 amide bonds. The number of carbonyl (C=O) groups is 1. The van der Waals surface area contributed by atoms with Gasteiger partial charge >= 0.3 is 0 Å². The largest absolute Gasteiger partial charge is 0.326 e. The van der Waals surface area contributed by atoms with Crippen LogP contribution in [-0.2, 0) is 14.8 Å². The zero-order chi connectivity index (χ0) is 20.4. The van der Waals surface area contributed by atoms with Gasteiger partial charge in [0.2, 0.25) is 5.91 Å². The number of hydrogen-bond acceptors (Lipinski definition) is 5. The second-order valence-electron chi connectivity index (χ2n) is 6.80. The van der Waals surface area contributed by atoms with Crippen LogP contribution in [0.3, 0.4) is 0 Å². The summed E-state index contributed by atoms with van der Waals surface area (Å²) in [6.07, 6.45) is 3.00. The van der Waals surface area contributed by atoms with E-state index < -0.39 is 10.0 Å². The highest BCUT2D eigenvalue weighted by molar-refractivity contribution is 9.11. The van der Waals surface area contributed by atoms with Crippen molar-refractivity contribution in [2.75, 3.05) is 18.4 Å². The molecule has 2 aromatic heterocycles. The van der Waals surface area contributed by atoms with Crippen molar-refractivity contribution in [2.45, 2.75) is 17.1 Å². The minimum absolute atomic E-state index is 0.161. The Hall–Kier alpha value is -2.01. The third-order valence-corrected chi connectivity index (χ3v) is 8.82. The number of nitrogens with one attached hydrogen (secondary N) is 2. The molecule has 0 unspecified atom stereocenters. The van der Waals surface area contributed by atoms with Crippen LogP contribution in [0.15, 0.2) is 56.7 Å². The average molecular weight is 495 g/mol. The number of piperidine rings is 1. The first-order valence-electron chi connectivity index (χ1n) is 9.09. The lowest BCUT2D eigenvalue weighted by Gasteiger charge is -2.30. The number of halogens is 1. The Kier molecular flexibility index (Phi) is 5.86. The number of hydrogen-bond donors (Lipinski definition) is 2. The van der Waals surface area contributed by atoms with Crippen LogP contribution in [0.25, 0.3) is 11.3 Å². The van der Waals surface area contributed by atoms with Gasteiger partial charge in [0.25, 0.3) is 10.0 Å². The van der Waals surface area contributed by atoms with Crippen molar-refractivity contribution in [3.8, 4) is 11.3 Å². The summed E-state index contributed by atoms with van der Waals surface area (Å²) in [5.74, 6) is -0.541. The minimum atomic E-state index is -3.58. The number of H-pyrrole nitrogens is 1. The number of sulfonamides is 1. The molecule has 3 aromatic rings. The molecule has 2 N–H and O–H groups in total. The summed E-state index contributed by atoms with van der Waals surface area (Å²) < 4.78 is 28.2. The highest BCUT2D eigenvalue weighted by Gasteiger charge is 2.34. The Bertz CT molecular complexity index is 1090. The maximum atomic E-state index is 12.9. The molecular formula is C19H19BrN4O3S2. The third-order valence-electron chi connectivity index (χ3n) is 4.86. The Morgan fingerprint density at radius 1 is 1.21 bits per heavy atom. The predicted molar refractivity (Wildman–Crippen MR) is 116 cm³/mol. The van der Waals surface area contributed by atoms with Crippen molar-refractivity contribution in [3.63, 3.8) is 0 Å². The quantitative estimate of drug-likeness (QED) is 0.561. The minimum Gasteiger partial charge on any atom is -0.326 e. The van der Waals surface area contributed by atoms with Crippen molar-refractivity contribution >= 4 is 48.9 Å². The van der Waals surface area contributed by atoms with Crippen LogP contribution in [-0.4, -0.2) is 41.9 Å². The van der Waals surface area contributed by atoms with Crippen LogP contribution in [0.4, 0.5) is 5.69 Å². The zero-order valence-corrected chi connectivity index (χ0v) is 18.6. The summed E-state index contributed by atoms with van der Waals surface area (Å²) >= 11 is 4.48. The van der Waals surface area contributed by atoms with Crippen molar-refractivity contribution in [3.05, 3.63) is 52.4 Å². The molecule has 0 spiro atoms. The number of nitrogens with zero attached hydrogens (tertiary/aromatic N) is 2. The smallest absolute Gasteiger partial charge is 0.252 e. The van der Waals surface area contributed by atoms with E-state index in [9.17, 15) is 13.2 Å². The van der Waals surface area contributed by atoms with Gasteiger partial charge in [0, 0.05) is 25.0 Å². The molecule has 1 saturated heterocycles. The highest BCUT2D eigenvalue weighted by atomic mass is 79.9. The van der Waals surface area contributed by atoms with E-state index in [0.29, 0.717) is 29.3 Å². The van der Waals surface area contributed by atoms with Gasteiger partial charge in [-0.25, -0.2) is 8.42 Å². The monoisotopic (exact) mass is 494 g/mol. The van der Waals surface area contributed by atoms with Gasteiger partial charge in [-0.2, -0.15) is 9.40 Å². The zero-order valence-electron chi connectivity index (χ0n) is 15.3. The van der Waals surface area contributed by atoms with Crippen LogP contribution in [0.2, 0.25) is 0 Å². The van der Waals surface area contributed by atoms with E-state index in [4.69, 9.17) is 0 Å². The molecule has 4 rings (SSSR count). The summed E-state index contributed by atoms with van der Waals surface area (Å²) in [6.45, 7) is 0.621. The van der Waals surface area contributed by atoms with Crippen LogP contribution in [0.1, 0.15) is 12.8 Å². The molecule has 7 nitrogen and oxygen atoms in total. The molecule has 10 heteroatoms. The van der Waals surface area contributed by atoms with E-state index in [-0.39, 0.29) is 18.4 Å². The number of aromatic nitrogens is 2. The Morgan fingerprint density at radius 2 is 2.00 bits per heavy atom. The Labute approximate surface area is 181 Å². The molecule has 1 atom stereocenters. The van der Waals surface area contributed by atoms with Crippen molar-refractivity contribution < 1.29 is 13.2 Å². The molecule has 1 aliphatic heterocycles. The number of thiophene rings is 1. The average Bonchev–Trinajstić information content (AvgIpc) is 3.41. The molecule has 0 radical (unpaired) electrons. The number of carbonyl (C=O) groups excluding carboxylic acids is 1. The fourth-order valence-electron chi connectivity index (χ4n) is 3.33. The van der Waals surface area contributed by atoms with Gasteiger partial charge in [-0.15, -0.1) is 11.3 Å². The molecule has 152 valence electrons. The van der Waals surface area contributed by atoms with Gasteiger partial charge in [0.05, 0.1) is 15.4 Å². The van der Waals surface area contributed by atoms with Gasteiger partial charge < -0.3 is 5.32 Å². The Morgan fingerprint density at radius 3 is 2.66 bits per heavy atom. The van der Waals surface area contributed by atoms with Gasteiger partial charge in [-0.1, -0.05) is 12.1 Å². The topological polar surface area (TPSA) is 95.2 Å². The first kappa shape index (κ1) is 20.3.